The summed E-state index contributed by atoms with van der Waals surface area (Å²) in [4.78, 5) is 26.1. The van der Waals surface area contributed by atoms with Gasteiger partial charge in [-0.15, -0.1) is 0 Å². The highest BCUT2D eigenvalue weighted by Crippen LogP contribution is 2.28. The number of furan rings is 1. The zero-order valence-corrected chi connectivity index (χ0v) is 18.7. The van der Waals surface area contributed by atoms with Gasteiger partial charge in [0.25, 0.3) is 11.9 Å². The van der Waals surface area contributed by atoms with Crippen molar-refractivity contribution in [2.45, 2.75) is 6.61 Å². The van der Waals surface area contributed by atoms with Crippen LogP contribution >= 0.6 is 0 Å². The minimum absolute atomic E-state index is 0.127. The topological polar surface area (TPSA) is 110 Å². The van der Waals surface area contributed by atoms with E-state index < -0.39 is 0 Å². The Morgan fingerprint density at radius 3 is 2.68 bits per heavy atom. The first kappa shape index (κ1) is 21.7. The van der Waals surface area contributed by atoms with E-state index in [1.807, 2.05) is 18.2 Å². The van der Waals surface area contributed by atoms with E-state index in [1.54, 1.807) is 48.7 Å². The highest BCUT2D eigenvalue weighted by atomic mass is 16.5. The van der Waals surface area contributed by atoms with Crippen molar-refractivity contribution >= 4 is 11.6 Å². The molecule has 3 aromatic heterocycles. The number of nitrogens with zero attached hydrogens (tertiary/aromatic N) is 6. The number of methoxy groups -OCH3 is 1. The van der Waals surface area contributed by atoms with Gasteiger partial charge in [-0.1, -0.05) is 12.1 Å². The number of rotatable bonds is 6. The molecular formula is C24H24N6O4. The minimum Gasteiger partial charge on any atom is -0.506 e. The number of carbonyl (C=O) groups is 1. The van der Waals surface area contributed by atoms with E-state index in [1.165, 1.54) is 10.9 Å². The van der Waals surface area contributed by atoms with Gasteiger partial charge in [-0.3, -0.25) is 4.79 Å². The van der Waals surface area contributed by atoms with Crippen LogP contribution in [-0.4, -0.2) is 69.0 Å². The maximum Gasteiger partial charge on any atom is 0.257 e. The van der Waals surface area contributed by atoms with Crippen molar-refractivity contribution < 1.29 is 19.1 Å². The number of amides is 1. The zero-order valence-electron chi connectivity index (χ0n) is 18.7. The number of aromatic nitrogens is 4. The van der Waals surface area contributed by atoms with Gasteiger partial charge in [0.05, 0.1) is 36.0 Å². The lowest BCUT2D eigenvalue weighted by Gasteiger charge is -2.36. The second kappa shape index (κ2) is 9.36. The average molecular weight is 460 g/mol. The largest absolute Gasteiger partial charge is 0.506 e. The first-order valence-corrected chi connectivity index (χ1v) is 10.9. The minimum atomic E-state index is -0.127. The van der Waals surface area contributed by atoms with Crippen molar-refractivity contribution in [3.8, 4) is 23.2 Å². The SMILES string of the molecule is COCc1c(C(=O)N2CCN(c3ccccc3O)CC2)cnn1-c1nccc(-c2ccco2)n1. The number of phenolic OH excluding ortho intramolecular Hbond substituents is 1. The number of anilines is 1. The van der Waals surface area contributed by atoms with Crippen LogP contribution in [0.3, 0.4) is 0 Å². The van der Waals surface area contributed by atoms with E-state index in [2.05, 4.69) is 20.0 Å². The number of aromatic hydroxyl groups is 1. The van der Waals surface area contributed by atoms with E-state index in [0.29, 0.717) is 54.8 Å². The summed E-state index contributed by atoms with van der Waals surface area (Å²) in [6.07, 6.45) is 4.74. The molecule has 0 radical (unpaired) electrons. The molecule has 1 amide bonds. The summed E-state index contributed by atoms with van der Waals surface area (Å²) in [5.74, 6) is 1.05. The Labute approximate surface area is 196 Å². The van der Waals surface area contributed by atoms with Crippen molar-refractivity contribution in [2.24, 2.45) is 0 Å². The molecule has 4 aromatic rings. The third-order valence-electron chi connectivity index (χ3n) is 5.78. The lowest BCUT2D eigenvalue weighted by molar-refractivity contribution is 0.0741. The lowest BCUT2D eigenvalue weighted by atomic mass is 10.2. The maximum absolute atomic E-state index is 13.4. The molecule has 0 bridgehead atoms. The zero-order chi connectivity index (χ0) is 23.5. The van der Waals surface area contributed by atoms with Gasteiger partial charge in [-0.2, -0.15) is 9.78 Å². The Bertz CT molecular complexity index is 1280. The fourth-order valence-corrected chi connectivity index (χ4v) is 4.06. The Balaban J connectivity index is 1.37. The number of para-hydroxylation sites is 2. The van der Waals surface area contributed by atoms with Crippen LogP contribution in [0.1, 0.15) is 16.1 Å². The fourth-order valence-electron chi connectivity index (χ4n) is 4.06. The van der Waals surface area contributed by atoms with Crippen molar-refractivity contribution in [1.29, 1.82) is 0 Å². The molecule has 10 nitrogen and oxygen atoms in total. The number of phenols is 1. The Morgan fingerprint density at radius 2 is 1.94 bits per heavy atom. The van der Waals surface area contributed by atoms with Gasteiger partial charge in [0, 0.05) is 39.5 Å². The summed E-state index contributed by atoms with van der Waals surface area (Å²) in [6.45, 7) is 2.45. The van der Waals surface area contributed by atoms with Crippen molar-refractivity contribution in [3.05, 3.63) is 72.4 Å². The number of ether oxygens (including phenoxy) is 1. The molecule has 0 unspecified atom stereocenters. The molecule has 5 rings (SSSR count). The van der Waals surface area contributed by atoms with Crippen LogP contribution in [0.2, 0.25) is 0 Å². The summed E-state index contributed by atoms with van der Waals surface area (Å²) in [5, 5.41) is 14.5. The molecule has 1 saturated heterocycles. The lowest BCUT2D eigenvalue weighted by Crippen LogP contribution is -2.49. The van der Waals surface area contributed by atoms with Crippen LogP contribution in [0.15, 0.2) is 65.5 Å². The average Bonchev–Trinajstić information content (AvgIpc) is 3.55. The molecular weight excluding hydrogens is 436 g/mol. The monoisotopic (exact) mass is 460 g/mol. The number of benzene rings is 1. The van der Waals surface area contributed by atoms with Gasteiger partial charge < -0.3 is 24.1 Å². The van der Waals surface area contributed by atoms with Gasteiger partial charge >= 0.3 is 0 Å². The summed E-state index contributed by atoms with van der Waals surface area (Å²) < 4.78 is 12.3. The van der Waals surface area contributed by atoms with Gasteiger partial charge in [0.15, 0.2) is 5.76 Å². The highest BCUT2D eigenvalue weighted by molar-refractivity contribution is 5.95. The molecule has 34 heavy (non-hydrogen) atoms. The van der Waals surface area contributed by atoms with E-state index in [4.69, 9.17) is 9.15 Å². The molecule has 1 N–H and O–H groups in total. The third kappa shape index (κ3) is 4.11. The summed E-state index contributed by atoms with van der Waals surface area (Å²) >= 11 is 0. The number of carbonyl (C=O) groups excluding carboxylic acids is 1. The summed E-state index contributed by atoms with van der Waals surface area (Å²) in [5.41, 5.74) is 2.41. The standard InChI is InChI=1S/C24H24N6O4/c1-33-16-20-17(15-26-30(20)24-25-9-8-18(27-24)22-7-4-14-34-22)23(32)29-12-10-28(11-13-29)19-5-2-3-6-21(19)31/h2-9,14-15,31H,10-13,16H2,1H3. The number of hydrogen-bond donors (Lipinski definition) is 1. The fraction of sp³-hybridized carbons (Fsp3) is 0.250. The Kier molecular flexibility index (Phi) is 5.96. The molecule has 0 saturated carbocycles. The van der Waals surface area contributed by atoms with Crippen molar-refractivity contribution in [3.63, 3.8) is 0 Å². The van der Waals surface area contributed by atoms with Crippen LogP contribution < -0.4 is 4.90 Å². The molecule has 1 fully saturated rings. The van der Waals surface area contributed by atoms with E-state index in [9.17, 15) is 9.90 Å². The Morgan fingerprint density at radius 1 is 1.12 bits per heavy atom. The predicted octanol–water partition coefficient (Wildman–Crippen LogP) is 2.74. The third-order valence-corrected chi connectivity index (χ3v) is 5.78. The van der Waals surface area contributed by atoms with Crippen molar-refractivity contribution in [1.82, 2.24) is 24.6 Å². The molecule has 1 aromatic carbocycles. The second-order valence-corrected chi connectivity index (χ2v) is 7.84. The van der Waals surface area contributed by atoms with E-state index in [0.717, 1.165) is 5.69 Å². The van der Waals surface area contributed by atoms with Crippen LogP contribution in [0, 0.1) is 0 Å². The van der Waals surface area contributed by atoms with Gasteiger partial charge in [0.2, 0.25) is 0 Å². The molecule has 1 aliphatic heterocycles. The second-order valence-electron chi connectivity index (χ2n) is 7.84. The van der Waals surface area contributed by atoms with Gasteiger partial charge in [0.1, 0.15) is 11.4 Å². The van der Waals surface area contributed by atoms with E-state index >= 15 is 0 Å². The van der Waals surface area contributed by atoms with Crippen LogP contribution in [0.4, 0.5) is 5.69 Å². The molecule has 0 spiro atoms. The maximum atomic E-state index is 13.4. The number of piperazine rings is 1. The smallest absolute Gasteiger partial charge is 0.257 e. The molecule has 4 heterocycles. The van der Waals surface area contributed by atoms with Gasteiger partial charge in [-0.05, 0) is 30.3 Å². The molecule has 0 atom stereocenters. The molecule has 174 valence electrons. The molecule has 0 aliphatic carbocycles. The van der Waals surface area contributed by atoms with E-state index in [-0.39, 0.29) is 18.3 Å². The normalized spacial score (nSPS) is 13.9. The van der Waals surface area contributed by atoms with Gasteiger partial charge in [-0.25, -0.2) is 9.97 Å². The summed E-state index contributed by atoms with van der Waals surface area (Å²) in [6, 6.07) is 12.6. The quantitative estimate of drug-likeness (QED) is 0.468. The van der Waals surface area contributed by atoms with Crippen LogP contribution in [-0.2, 0) is 11.3 Å². The first-order chi connectivity index (χ1) is 16.7. The number of hydrogen-bond acceptors (Lipinski definition) is 8. The molecule has 10 heteroatoms. The first-order valence-electron chi connectivity index (χ1n) is 10.9. The predicted molar refractivity (Wildman–Crippen MR) is 124 cm³/mol. The Hall–Kier alpha value is -4.18. The summed E-state index contributed by atoms with van der Waals surface area (Å²) in [7, 11) is 1.57. The van der Waals surface area contributed by atoms with Crippen LogP contribution in [0.5, 0.6) is 5.75 Å². The van der Waals surface area contributed by atoms with Crippen molar-refractivity contribution in [2.75, 3.05) is 38.2 Å². The van der Waals surface area contributed by atoms with Crippen LogP contribution in [0.25, 0.3) is 17.4 Å². The highest BCUT2D eigenvalue weighted by Gasteiger charge is 2.27. The molecule has 1 aliphatic rings.